The van der Waals surface area contributed by atoms with Gasteiger partial charge in [-0.3, -0.25) is 4.99 Å². The molecule has 0 radical (unpaired) electrons. The predicted octanol–water partition coefficient (Wildman–Crippen LogP) is 6.68. The van der Waals surface area contributed by atoms with E-state index in [9.17, 15) is 0 Å². The summed E-state index contributed by atoms with van der Waals surface area (Å²) in [5.74, 6) is 2.23. The summed E-state index contributed by atoms with van der Waals surface area (Å²) < 4.78 is 18.0. The number of halogens is 2. The molecule has 150 valence electrons. The molecule has 0 N–H and O–H groups in total. The zero-order chi connectivity index (χ0) is 20.6. The van der Waals surface area contributed by atoms with Crippen molar-refractivity contribution in [3.8, 4) is 17.2 Å². The average Bonchev–Trinajstić information content (AvgIpc) is 2.73. The standard InChI is InChI=1S/C23H21ClINO3/c1-3-28-22-13-17(14-26-19-8-10-20(27-2)11-9-19)12-21(25)23(22)29-15-16-4-6-18(24)7-5-16/h4-14H,3,15H2,1-2H3. The lowest BCUT2D eigenvalue weighted by Crippen LogP contribution is -2.02. The van der Waals surface area contributed by atoms with Crippen molar-refractivity contribution in [1.29, 1.82) is 0 Å². The van der Waals surface area contributed by atoms with E-state index in [1.165, 1.54) is 0 Å². The second-order valence-corrected chi connectivity index (χ2v) is 7.73. The van der Waals surface area contributed by atoms with Gasteiger partial charge in [0, 0.05) is 11.2 Å². The second-order valence-electron chi connectivity index (χ2n) is 6.13. The molecule has 0 unspecified atom stereocenters. The first-order valence-corrected chi connectivity index (χ1v) is 10.6. The maximum atomic E-state index is 6.06. The maximum Gasteiger partial charge on any atom is 0.175 e. The van der Waals surface area contributed by atoms with Crippen LogP contribution in [0.25, 0.3) is 0 Å². The molecule has 0 amide bonds. The Morgan fingerprint density at radius 3 is 2.38 bits per heavy atom. The van der Waals surface area contributed by atoms with E-state index in [4.69, 9.17) is 25.8 Å². The highest BCUT2D eigenvalue weighted by Gasteiger charge is 2.12. The first kappa shape index (κ1) is 21.5. The van der Waals surface area contributed by atoms with Gasteiger partial charge in [-0.05, 0) is 89.2 Å². The Bertz CT molecular complexity index is 973. The van der Waals surface area contributed by atoms with Crippen LogP contribution in [0.2, 0.25) is 5.02 Å². The Morgan fingerprint density at radius 2 is 1.72 bits per heavy atom. The van der Waals surface area contributed by atoms with Crippen molar-refractivity contribution in [2.75, 3.05) is 13.7 Å². The number of benzene rings is 3. The fourth-order valence-corrected chi connectivity index (χ4v) is 3.53. The van der Waals surface area contributed by atoms with Crippen LogP contribution in [0.5, 0.6) is 17.2 Å². The monoisotopic (exact) mass is 521 g/mol. The molecule has 3 aromatic rings. The highest BCUT2D eigenvalue weighted by molar-refractivity contribution is 14.1. The third-order valence-corrected chi connectivity index (χ3v) is 5.12. The summed E-state index contributed by atoms with van der Waals surface area (Å²) in [7, 11) is 1.64. The van der Waals surface area contributed by atoms with Crippen molar-refractivity contribution in [3.63, 3.8) is 0 Å². The van der Waals surface area contributed by atoms with Gasteiger partial charge in [-0.2, -0.15) is 0 Å². The summed E-state index contributed by atoms with van der Waals surface area (Å²) in [5.41, 5.74) is 2.83. The molecule has 0 bridgehead atoms. The second kappa shape index (κ2) is 10.5. The molecule has 3 aromatic carbocycles. The maximum absolute atomic E-state index is 6.06. The van der Waals surface area contributed by atoms with Crippen molar-refractivity contribution in [3.05, 3.63) is 80.4 Å². The van der Waals surface area contributed by atoms with Crippen LogP contribution < -0.4 is 14.2 Å². The summed E-state index contributed by atoms with van der Waals surface area (Å²) in [5, 5.41) is 0.707. The SMILES string of the molecule is CCOc1cc(C=Nc2ccc(OC)cc2)cc(I)c1OCc1ccc(Cl)cc1. The number of ether oxygens (including phenoxy) is 3. The van der Waals surface area contributed by atoms with Crippen LogP contribution in [0.15, 0.2) is 65.7 Å². The number of aliphatic imine (C=N–C) groups is 1. The minimum absolute atomic E-state index is 0.437. The molecule has 0 saturated carbocycles. The Kier molecular flexibility index (Phi) is 7.77. The van der Waals surface area contributed by atoms with Crippen molar-refractivity contribution >= 4 is 46.1 Å². The lowest BCUT2D eigenvalue weighted by Gasteiger charge is -2.15. The Hall–Kier alpha value is -2.25. The molecular formula is C23H21ClINO3. The molecule has 0 aliphatic rings. The third kappa shape index (κ3) is 6.11. The molecule has 3 rings (SSSR count). The number of nitrogens with zero attached hydrogens (tertiary/aromatic N) is 1. The van der Waals surface area contributed by atoms with E-state index < -0.39 is 0 Å². The van der Waals surface area contributed by atoms with E-state index in [1.54, 1.807) is 7.11 Å². The molecule has 0 spiro atoms. The summed E-state index contributed by atoms with van der Waals surface area (Å²) in [6.45, 7) is 2.94. The lowest BCUT2D eigenvalue weighted by molar-refractivity contribution is 0.267. The fourth-order valence-electron chi connectivity index (χ4n) is 2.62. The Balaban J connectivity index is 1.79. The molecular weight excluding hydrogens is 501 g/mol. The van der Waals surface area contributed by atoms with Crippen molar-refractivity contribution in [1.82, 2.24) is 0 Å². The first-order chi connectivity index (χ1) is 14.1. The van der Waals surface area contributed by atoms with Crippen LogP contribution >= 0.6 is 34.2 Å². The zero-order valence-electron chi connectivity index (χ0n) is 16.2. The molecule has 29 heavy (non-hydrogen) atoms. The summed E-state index contributed by atoms with van der Waals surface area (Å²) in [6.07, 6.45) is 1.81. The molecule has 4 nitrogen and oxygen atoms in total. The van der Waals surface area contributed by atoms with Gasteiger partial charge in [-0.15, -0.1) is 0 Å². The molecule has 0 fully saturated rings. The van der Waals surface area contributed by atoms with Gasteiger partial charge in [-0.25, -0.2) is 0 Å². The predicted molar refractivity (Wildman–Crippen MR) is 126 cm³/mol. The molecule has 0 aliphatic heterocycles. The summed E-state index contributed by atoms with van der Waals surface area (Å²) in [6, 6.07) is 19.2. The zero-order valence-corrected chi connectivity index (χ0v) is 19.1. The molecule has 0 heterocycles. The quantitative estimate of drug-likeness (QED) is 0.245. The lowest BCUT2D eigenvalue weighted by atomic mass is 10.2. The third-order valence-electron chi connectivity index (χ3n) is 4.06. The van der Waals surface area contributed by atoms with Crippen LogP contribution in [0.1, 0.15) is 18.1 Å². The number of hydrogen-bond acceptors (Lipinski definition) is 4. The highest BCUT2D eigenvalue weighted by atomic mass is 127. The van der Waals surface area contributed by atoms with Crippen molar-refractivity contribution in [2.45, 2.75) is 13.5 Å². The van der Waals surface area contributed by atoms with Crippen LogP contribution in [0.4, 0.5) is 5.69 Å². The number of methoxy groups -OCH3 is 1. The van der Waals surface area contributed by atoms with Gasteiger partial charge in [0.25, 0.3) is 0 Å². The summed E-state index contributed by atoms with van der Waals surface area (Å²) in [4.78, 5) is 4.53. The highest BCUT2D eigenvalue weighted by Crippen LogP contribution is 2.34. The van der Waals surface area contributed by atoms with Crippen LogP contribution in [-0.4, -0.2) is 19.9 Å². The summed E-state index contributed by atoms with van der Waals surface area (Å²) >= 11 is 8.21. The van der Waals surface area contributed by atoms with E-state index in [1.807, 2.05) is 73.8 Å². The normalized spacial score (nSPS) is 10.9. The van der Waals surface area contributed by atoms with Crippen molar-refractivity contribution < 1.29 is 14.2 Å². The Morgan fingerprint density at radius 1 is 1.00 bits per heavy atom. The first-order valence-electron chi connectivity index (χ1n) is 9.10. The fraction of sp³-hybridized carbons (Fsp3) is 0.174. The molecule has 0 atom stereocenters. The van der Waals surface area contributed by atoms with Gasteiger partial charge < -0.3 is 14.2 Å². The van der Waals surface area contributed by atoms with Crippen molar-refractivity contribution in [2.24, 2.45) is 4.99 Å². The van der Waals surface area contributed by atoms with Gasteiger partial charge in [0.2, 0.25) is 0 Å². The van der Waals surface area contributed by atoms with Gasteiger partial charge >= 0.3 is 0 Å². The van der Waals surface area contributed by atoms with E-state index in [0.717, 1.165) is 31.9 Å². The largest absolute Gasteiger partial charge is 0.497 e. The van der Waals surface area contributed by atoms with E-state index in [0.29, 0.717) is 24.0 Å². The molecule has 6 heteroatoms. The average molecular weight is 522 g/mol. The number of hydrogen-bond donors (Lipinski definition) is 0. The molecule has 0 aromatic heterocycles. The van der Waals surface area contributed by atoms with Gasteiger partial charge in [0.1, 0.15) is 12.4 Å². The minimum Gasteiger partial charge on any atom is -0.497 e. The van der Waals surface area contributed by atoms with Crippen LogP contribution in [0, 0.1) is 3.57 Å². The van der Waals surface area contributed by atoms with Crippen LogP contribution in [0.3, 0.4) is 0 Å². The van der Waals surface area contributed by atoms with Gasteiger partial charge in [0.15, 0.2) is 11.5 Å². The minimum atomic E-state index is 0.437. The van der Waals surface area contributed by atoms with E-state index in [2.05, 4.69) is 27.6 Å². The topological polar surface area (TPSA) is 40.0 Å². The smallest absolute Gasteiger partial charge is 0.175 e. The Labute approximate surface area is 189 Å². The van der Waals surface area contributed by atoms with E-state index >= 15 is 0 Å². The molecule has 0 aliphatic carbocycles. The van der Waals surface area contributed by atoms with Gasteiger partial charge in [0.05, 0.1) is 23.0 Å². The van der Waals surface area contributed by atoms with E-state index in [-0.39, 0.29) is 0 Å². The van der Waals surface area contributed by atoms with Gasteiger partial charge in [-0.1, -0.05) is 23.7 Å². The number of rotatable bonds is 8. The molecule has 0 saturated heterocycles. The van der Waals surface area contributed by atoms with Crippen LogP contribution in [-0.2, 0) is 6.61 Å².